The number of fused-ring (bicyclic) bond motifs is 1. The number of nitrogen functional groups attached to an aromatic ring is 1. The standard InChI is InChI=1S/C24H25F4N7O2/c1-13-10-33(22(36)23(2,3)37-13)19-8-14(4-5-16(19)25)18-9-15(20-21(29)30-12-32-35(18)20)17-6-7-31-34(17)11-24(26,27)28/h4-6,8-9,12-13,31H,7,10-11H2,1-3H3,(H2,29,30,32)/t13-/m0/s1. The third-order valence-electron chi connectivity index (χ3n) is 6.29. The van der Waals surface area contributed by atoms with Gasteiger partial charge in [-0.25, -0.2) is 19.3 Å². The van der Waals surface area contributed by atoms with Crippen molar-refractivity contribution < 1.29 is 27.1 Å². The number of hydrazine groups is 1. The van der Waals surface area contributed by atoms with Crippen LogP contribution in [0.4, 0.5) is 29.1 Å². The number of carbonyl (C=O) groups excluding carboxylic acids is 1. The van der Waals surface area contributed by atoms with Gasteiger partial charge in [-0.1, -0.05) is 0 Å². The Labute approximate surface area is 209 Å². The Hall–Kier alpha value is -3.71. The van der Waals surface area contributed by atoms with Gasteiger partial charge in [0.1, 0.15) is 29.8 Å². The maximum atomic E-state index is 15.0. The molecule has 2 aliphatic rings. The minimum atomic E-state index is -4.45. The third kappa shape index (κ3) is 4.48. The van der Waals surface area contributed by atoms with Gasteiger partial charge in [-0.3, -0.25) is 9.80 Å². The maximum absolute atomic E-state index is 15.0. The van der Waals surface area contributed by atoms with Crippen molar-refractivity contribution in [2.24, 2.45) is 0 Å². The Bertz CT molecular complexity index is 1420. The molecule has 4 heterocycles. The van der Waals surface area contributed by atoms with Gasteiger partial charge in [-0.15, -0.1) is 0 Å². The highest BCUT2D eigenvalue weighted by Gasteiger charge is 2.41. The fourth-order valence-corrected chi connectivity index (χ4v) is 4.83. The molecule has 1 saturated heterocycles. The zero-order valence-corrected chi connectivity index (χ0v) is 20.3. The van der Waals surface area contributed by atoms with E-state index < -0.39 is 24.1 Å². The summed E-state index contributed by atoms with van der Waals surface area (Å²) in [4.78, 5) is 18.4. The number of halogens is 4. The smallest absolute Gasteiger partial charge is 0.382 e. The summed E-state index contributed by atoms with van der Waals surface area (Å²) >= 11 is 0. The summed E-state index contributed by atoms with van der Waals surface area (Å²) in [5.74, 6) is -0.924. The molecule has 196 valence electrons. The van der Waals surface area contributed by atoms with Crippen LogP contribution in [0.1, 0.15) is 26.3 Å². The molecule has 0 radical (unpaired) electrons. The van der Waals surface area contributed by atoms with Gasteiger partial charge in [0.25, 0.3) is 5.91 Å². The van der Waals surface area contributed by atoms with Crippen molar-refractivity contribution in [1.29, 1.82) is 0 Å². The van der Waals surface area contributed by atoms with Gasteiger partial charge >= 0.3 is 6.18 Å². The molecule has 1 amide bonds. The molecule has 2 aromatic heterocycles. The Morgan fingerprint density at radius 3 is 2.76 bits per heavy atom. The molecule has 0 spiro atoms. The molecule has 1 atom stereocenters. The van der Waals surface area contributed by atoms with Gasteiger partial charge in [0, 0.05) is 17.7 Å². The van der Waals surface area contributed by atoms with E-state index in [4.69, 9.17) is 10.5 Å². The number of morpholine rings is 1. The van der Waals surface area contributed by atoms with E-state index in [0.717, 1.165) is 5.01 Å². The second-order valence-electron chi connectivity index (χ2n) is 9.52. The summed E-state index contributed by atoms with van der Waals surface area (Å²) in [5, 5.41) is 5.27. The van der Waals surface area contributed by atoms with Gasteiger partial charge in [0.2, 0.25) is 0 Å². The average Bonchev–Trinajstić information content (AvgIpc) is 3.40. The van der Waals surface area contributed by atoms with E-state index in [1.165, 1.54) is 33.9 Å². The first-order valence-electron chi connectivity index (χ1n) is 11.6. The lowest BCUT2D eigenvalue weighted by Gasteiger charge is -2.40. The molecule has 0 unspecified atom stereocenters. The van der Waals surface area contributed by atoms with Crippen LogP contribution >= 0.6 is 0 Å². The summed E-state index contributed by atoms with van der Waals surface area (Å²) in [6.45, 7) is 4.19. The van der Waals surface area contributed by atoms with Gasteiger partial charge in [0.15, 0.2) is 5.82 Å². The van der Waals surface area contributed by atoms with Crippen LogP contribution in [-0.4, -0.2) is 63.0 Å². The molecular formula is C24H25F4N7O2. The summed E-state index contributed by atoms with van der Waals surface area (Å²) < 4.78 is 61.8. The first kappa shape index (κ1) is 25.0. The van der Waals surface area contributed by atoms with Crippen LogP contribution in [-0.2, 0) is 9.53 Å². The molecule has 0 bridgehead atoms. The predicted octanol–water partition coefficient (Wildman–Crippen LogP) is 3.37. The summed E-state index contributed by atoms with van der Waals surface area (Å²) in [6, 6.07) is 5.89. The number of nitrogens with zero attached hydrogens (tertiary/aromatic N) is 5. The van der Waals surface area contributed by atoms with Gasteiger partial charge in [0.05, 0.1) is 29.7 Å². The van der Waals surface area contributed by atoms with Crippen molar-refractivity contribution in [2.75, 3.05) is 30.3 Å². The van der Waals surface area contributed by atoms with Gasteiger partial charge < -0.3 is 15.4 Å². The number of alkyl halides is 3. The van der Waals surface area contributed by atoms with Crippen LogP contribution in [0, 0.1) is 5.82 Å². The number of nitrogens with one attached hydrogen (secondary N) is 1. The fourth-order valence-electron chi connectivity index (χ4n) is 4.83. The lowest BCUT2D eigenvalue weighted by Crippen LogP contribution is -2.56. The number of benzene rings is 1. The van der Waals surface area contributed by atoms with E-state index >= 15 is 4.39 Å². The molecule has 1 aromatic carbocycles. The predicted molar refractivity (Wildman–Crippen MR) is 129 cm³/mol. The largest absolute Gasteiger partial charge is 0.407 e. The number of amides is 1. The van der Waals surface area contributed by atoms with Crippen LogP contribution < -0.4 is 16.1 Å². The lowest BCUT2D eigenvalue weighted by molar-refractivity contribution is -0.153. The molecule has 2 aliphatic heterocycles. The Kier molecular flexibility index (Phi) is 5.87. The fraction of sp³-hybridized carbons (Fsp3) is 0.375. The van der Waals surface area contributed by atoms with Crippen molar-refractivity contribution in [3.63, 3.8) is 0 Å². The van der Waals surface area contributed by atoms with Crippen LogP contribution in [0.5, 0.6) is 0 Å². The molecular weight excluding hydrogens is 494 g/mol. The molecule has 1 fully saturated rings. The van der Waals surface area contributed by atoms with Crippen LogP contribution in [0.25, 0.3) is 22.5 Å². The highest BCUT2D eigenvalue weighted by molar-refractivity contribution is 6.00. The zero-order chi connectivity index (χ0) is 26.7. The van der Waals surface area contributed by atoms with Gasteiger partial charge in [-0.05, 0) is 51.1 Å². The Morgan fingerprint density at radius 1 is 1.27 bits per heavy atom. The summed E-state index contributed by atoms with van der Waals surface area (Å²) in [5.41, 5.74) is 9.63. The van der Waals surface area contributed by atoms with E-state index in [9.17, 15) is 18.0 Å². The number of rotatable bonds is 4. The SMILES string of the molecule is C[C@H]1CN(c2cc(-c3cc(C4=CCNN4CC(F)(F)F)c4c(N)ncnn34)ccc2F)C(=O)C(C)(C)O1. The van der Waals surface area contributed by atoms with Crippen molar-refractivity contribution in [1.82, 2.24) is 25.0 Å². The molecule has 0 aliphatic carbocycles. The second-order valence-corrected chi connectivity index (χ2v) is 9.52. The van der Waals surface area contributed by atoms with E-state index in [0.29, 0.717) is 22.3 Å². The topological polar surface area (TPSA) is 101 Å². The monoisotopic (exact) mass is 519 g/mol. The second kappa shape index (κ2) is 8.70. The summed E-state index contributed by atoms with van der Waals surface area (Å²) in [7, 11) is 0. The average molecular weight is 520 g/mol. The molecule has 37 heavy (non-hydrogen) atoms. The number of hydrogen-bond donors (Lipinski definition) is 2. The van der Waals surface area contributed by atoms with Crippen molar-refractivity contribution in [3.05, 3.63) is 48.0 Å². The third-order valence-corrected chi connectivity index (χ3v) is 6.29. The van der Waals surface area contributed by atoms with Crippen LogP contribution in [0.2, 0.25) is 0 Å². The quantitative estimate of drug-likeness (QED) is 0.510. The number of ether oxygens (including phenoxy) is 1. The highest BCUT2D eigenvalue weighted by atomic mass is 19.4. The lowest BCUT2D eigenvalue weighted by atomic mass is 10.0. The molecule has 0 saturated carbocycles. The minimum absolute atomic E-state index is 0.0599. The number of hydrogen-bond acceptors (Lipinski definition) is 7. The minimum Gasteiger partial charge on any atom is -0.382 e. The zero-order valence-electron chi connectivity index (χ0n) is 20.3. The van der Waals surface area contributed by atoms with Crippen LogP contribution in [0.3, 0.4) is 0 Å². The number of anilines is 2. The van der Waals surface area contributed by atoms with Crippen molar-refractivity contribution in [3.8, 4) is 11.3 Å². The molecule has 9 nitrogen and oxygen atoms in total. The molecule has 13 heteroatoms. The normalized spacial score (nSPS) is 20.1. The Morgan fingerprint density at radius 2 is 2.03 bits per heavy atom. The molecule has 3 aromatic rings. The first-order valence-corrected chi connectivity index (χ1v) is 11.6. The Balaban J connectivity index is 1.63. The van der Waals surface area contributed by atoms with Crippen molar-refractivity contribution in [2.45, 2.75) is 38.7 Å². The number of nitrogens with two attached hydrogens (primary N) is 1. The summed E-state index contributed by atoms with van der Waals surface area (Å²) in [6.07, 6.45) is -1.93. The van der Waals surface area contributed by atoms with E-state index in [1.54, 1.807) is 32.9 Å². The van der Waals surface area contributed by atoms with Crippen molar-refractivity contribution >= 4 is 28.6 Å². The van der Waals surface area contributed by atoms with E-state index in [-0.39, 0.29) is 42.3 Å². The van der Waals surface area contributed by atoms with Gasteiger partial charge in [-0.2, -0.15) is 18.3 Å². The van der Waals surface area contributed by atoms with Crippen LogP contribution in [0.15, 0.2) is 36.7 Å². The maximum Gasteiger partial charge on any atom is 0.407 e. The highest BCUT2D eigenvalue weighted by Crippen LogP contribution is 2.37. The van der Waals surface area contributed by atoms with E-state index in [1.807, 2.05) is 0 Å². The van der Waals surface area contributed by atoms with E-state index in [2.05, 4.69) is 15.5 Å². The number of carbonyl (C=O) groups is 1. The molecule has 5 rings (SSSR count). The first-order chi connectivity index (χ1) is 17.4. The molecule has 3 N–H and O–H groups in total. The number of aromatic nitrogens is 3.